The molecule has 2 aromatic heterocycles. The first-order valence-electron chi connectivity index (χ1n) is 6.20. The first-order chi connectivity index (χ1) is 9.63. The summed E-state index contributed by atoms with van der Waals surface area (Å²) in [5.74, 6) is -0.522. The maximum absolute atomic E-state index is 10.7. The SMILES string of the molecule is O=C([O-])Cc1cn2cc(Cl)nc(N3CCOCC3)c2n1. The van der Waals surface area contributed by atoms with Crippen molar-refractivity contribution in [1.82, 2.24) is 14.4 Å². The van der Waals surface area contributed by atoms with Crippen LogP contribution >= 0.6 is 11.6 Å². The number of carbonyl (C=O) groups is 1. The van der Waals surface area contributed by atoms with E-state index in [1.165, 1.54) is 0 Å². The van der Waals surface area contributed by atoms with Gasteiger partial charge in [0.2, 0.25) is 0 Å². The molecule has 0 radical (unpaired) electrons. The highest BCUT2D eigenvalue weighted by Crippen LogP contribution is 2.22. The van der Waals surface area contributed by atoms with Gasteiger partial charge in [-0.3, -0.25) is 0 Å². The number of aromatic nitrogens is 3. The Labute approximate surface area is 119 Å². The average Bonchev–Trinajstić information content (AvgIpc) is 2.79. The van der Waals surface area contributed by atoms with Crippen LogP contribution in [-0.4, -0.2) is 46.6 Å². The lowest BCUT2D eigenvalue weighted by atomic mass is 10.3. The van der Waals surface area contributed by atoms with E-state index in [0.29, 0.717) is 48.6 Å². The van der Waals surface area contributed by atoms with Crippen molar-refractivity contribution in [2.24, 2.45) is 0 Å². The normalized spacial score (nSPS) is 15.8. The molecule has 8 heteroatoms. The average molecular weight is 296 g/mol. The van der Waals surface area contributed by atoms with Gasteiger partial charge in [0.15, 0.2) is 11.5 Å². The van der Waals surface area contributed by atoms with Gasteiger partial charge in [0.05, 0.1) is 18.9 Å². The molecule has 0 N–H and O–H groups in total. The van der Waals surface area contributed by atoms with Crippen LogP contribution in [0.2, 0.25) is 5.15 Å². The van der Waals surface area contributed by atoms with Crippen molar-refractivity contribution in [3.63, 3.8) is 0 Å². The van der Waals surface area contributed by atoms with Gasteiger partial charge in [0.1, 0.15) is 5.15 Å². The summed E-state index contributed by atoms with van der Waals surface area (Å²) >= 11 is 6.01. The summed E-state index contributed by atoms with van der Waals surface area (Å²) in [7, 11) is 0. The molecule has 1 saturated heterocycles. The molecule has 0 amide bonds. The molecule has 1 fully saturated rings. The third kappa shape index (κ3) is 2.54. The Kier molecular flexibility index (Phi) is 3.45. The topological polar surface area (TPSA) is 82.8 Å². The second kappa shape index (κ2) is 5.26. The summed E-state index contributed by atoms with van der Waals surface area (Å²) in [6.07, 6.45) is 3.00. The molecule has 1 aliphatic heterocycles. The number of rotatable bonds is 3. The molecule has 3 rings (SSSR count). The summed E-state index contributed by atoms with van der Waals surface area (Å²) in [5, 5.41) is 11.0. The van der Waals surface area contributed by atoms with Crippen LogP contribution in [0.15, 0.2) is 12.4 Å². The number of carboxylic acids is 1. The fraction of sp³-hybridized carbons (Fsp3) is 0.417. The van der Waals surface area contributed by atoms with E-state index in [2.05, 4.69) is 9.97 Å². The smallest absolute Gasteiger partial charge is 0.180 e. The molecule has 3 heterocycles. The minimum Gasteiger partial charge on any atom is -0.550 e. The van der Waals surface area contributed by atoms with Crippen molar-refractivity contribution < 1.29 is 14.6 Å². The lowest BCUT2D eigenvalue weighted by Gasteiger charge is -2.27. The molecule has 0 aromatic carbocycles. The number of carboxylic acid groups (broad SMARTS) is 1. The highest BCUT2D eigenvalue weighted by atomic mass is 35.5. The molecule has 0 saturated carbocycles. The Bertz CT molecular complexity index is 651. The number of carbonyl (C=O) groups excluding carboxylic acids is 1. The Balaban J connectivity index is 2.05. The third-order valence-electron chi connectivity index (χ3n) is 3.08. The van der Waals surface area contributed by atoms with Crippen LogP contribution in [0.5, 0.6) is 0 Å². The number of morpholine rings is 1. The van der Waals surface area contributed by atoms with Crippen molar-refractivity contribution in [2.45, 2.75) is 6.42 Å². The highest BCUT2D eigenvalue weighted by molar-refractivity contribution is 6.29. The largest absolute Gasteiger partial charge is 0.550 e. The van der Waals surface area contributed by atoms with Gasteiger partial charge < -0.3 is 23.9 Å². The summed E-state index contributed by atoms with van der Waals surface area (Å²) in [6.45, 7) is 2.64. The molecular weight excluding hydrogens is 284 g/mol. The van der Waals surface area contributed by atoms with E-state index in [1.54, 1.807) is 16.8 Å². The number of imidazole rings is 1. The van der Waals surface area contributed by atoms with Crippen LogP contribution in [0.3, 0.4) is 0 Å². The first-order valence-corrected chi connectivity index (χ1v) is 6.58. The van der Waals surface area contributed by atoms with E-state index in [4.69, 9.17) is 16.3 Å². The summed E-state index contributed by atoms with van der Waals surface area (Å²) in [5.41, 5.74) is 1.01. The second-order valence-corrected chi connectivity index (χ2v) is 4.89. The number of aliphatic carboxylic acids is 1. The molecule has 2 aromatic rings. The van der Waals surface area contributed by atoms with E-state index < -0.39 is 5.97 Å². The van der Waals surface area contributed by atoms with Crippen LogP contribution in [0.1, 0.15) is 5.69 Å². The second-order valence-electron chi connectivity index (χ2n) is 4.50. The van der Waals surface area contributed by atoms with Crippen LogP contribution in [-0.2, 0) is 16.0 Å². The minimum atomic E-state index is -1.17. The molecular formula is C12H12ClN4O3-. The number of nitrogens with zero attached hydrogens (tertiary/aromatic N) is 4. The van der Waals surface area contributed by atoms with E-state index in [0.717, 1.165) is 0 Å². The van der Waals surface area contributed by atoms with Crippen molar-refractivity contribution in [1.29, 1.82) is 0 Å². The van der Waals surface area contributed by atoms with Crippen LogP contribution in [0, 0.1) is 0 Å². The summed E-state index contributed by atoms with van der Waals surface area (Å²) in [6, 6.07) is 0. The maximum Gasteiger partial charge on any atom is 0.180 e. The lowest BCUT2D eigenvalue weighted by molar-refractivity contribution is -0.304. The summed E-state index contributed by atoms with van der Waals surface area (Å²) in [4.78, 5) is 21.3. The monoisotopic (exact) mass is 295 g/mol. The lowest BCUT2D eigenvalue weighted by Crippen LogP contribution is -2.37. The molecule has 7 nitrogen and oxygen atoms in total. The van der Waals surface area contributed by atoms with E-state index >= 15 is 0 Å². The highest BCUT2D eigenvalue weighted by Gasteiger charge is 2.18. The quantitative estimate of drug-likeness (QED) is 0.760. The Morgan fingerprint density at radius 1 is 1.35 bits per heavy atom. The molecule has 0 spiro atoms. The summed E-state index contributed by atoms with van der Waals surface area (Å²) < 4.78 is 7.00. The van der Waals surface area contributed by atoms with Crippen LogP contribution < -0.4 is 10.0 Å². The zero-order valence-corrected chi connectivity index (χ0v) is 11.3. The number of anilines is 1. The van der Waals surface area contributed by atoms with Gasteiger partial charge >= 0.3 is 0 Å². The van der Waals surface area contributed by atoms with Gasteiger partial charge in [-0.05, 0) is 0 Å². The van der Waals surface area contributed by atoms with Crippen LogP contribution in [0.4, 0.5) is 5.82 Å². The standard InChI is InChI=1S/C12H13ClN4O3/c13-9-7-17-6-8(5-10(18)19)14-11(17)12(15-9)16-1-3-20-4-2-16/h6-7H,1-5H2,(H,18,19)/p-1. The van der Waals surface area contributed by atoms with Crippen LogP contribution in [0.25, 0.3) is 5.65 Å². The number of halogens is 1. The number of hydrogen-bond donors (Lipinski definition) is 0. The Morgan fingerprint density at radius 2 is 2.10 bits per heavy atom. The zero-order valence-electron chi connectivity index (χ0n) is 10.6. The van der Waals surface area contributed by atoms with Crippen molar-refractivity contribution in [2.75, 3.05) is 31.2 Å². The number of fused-ring (bicyclic) bond motifs is 1. The van der Waals surface area contributed by atoms with Crippen molar-refractivity contribution in [3.05, 3.63) is 23.2 Å². The van der Waals surface area contributed by atoms with E-state index in [1.807, 2.05) is 4.90 Å². The predicted molar refractivity (Wildman–Crippen MR) is 69.7 cm³/mol. The van der Waals surface area contributed by atoms with Crippen molar-refractivity contribution in [3.8, 4) is 0 Å². The third-order valence-corrected chi connectivity index (χ3v) is 3.26. The Hall–Kier alpha value is -1.86. The van der Waals surface area contributed by atoms with Crippen molar-refractivity contribution >= 4 is 29.0 Å². The van der Waals surface area contributed by atoms with Gasteiger partial charge in [0, 0.05) is 37.9 Å². The molecule has 0 aliphatic carbocycles. The van der Waals surface area contributed by atoms with Gasteiger partial charge in [0.25, 0.3) is 0 Å². The van der Waals surface area contributed by atoms with Gasteiger partial charge in [-0.25, -0.2) is 9.97 Å². The molecule has 0 atom stereocenters. The molecule has 106 valence electrons. The molecule has 0 unspecified atom stereocenters. The molecule has 0 bridgehead atoms. The molecule has 20 heavy (non-hydrogen) atoms. The van der Waals surface area contributed by atoms with Gasteiger partial charge in [-0.1, -0.05) is 11.6 Å². The molecule has 1 aliphatic rings. The van der Waals surface area contributed by atoms with Gasteiger partial charge in [-0.2, -0.15) is 0 Å². The minimum absolute atomic E-state index is 0.234. The number of ether oxygens (including phenoxy) is 1. The fourth-order valence-corrected chi connectivity index (χ4v) is 2.41. The fourth-order valence-electron chi connectivity index (χ4n) is 2.22. The Morgan fingerprint density at radius 3 is 2.80 bits per heavy atom. The number of hydrogen-bond acceptors (Lipinski definition) is 6. The zero-order chi connectivity index (χ0) is 14.1. The predicted octanol–water partition coefficient (Wildman–Crippen LogP) is -0.488. The maximum atomic E-state index is 10.7. The van der Waals surface area contributed by atoms with Gasteiger partial charge in [-0.15, -0.1) is 0 Å². The van der Waals surface area contributed by atoms with E-state index in [9.17, 15) is 9.90 Å². The first kappa shape index (κ1) is 13.1. The van der Waals surface area contributed by atoms with E-state index in [-0.39, 0.29) is 6.42 Å².